The number of hydrogen-bond acceptors (Lipinski definition) is 8. The zero-order valence-corrected chi connectivity index (χ0v) is 23.2. The first-order valence-corrected chi connectivity index (χ1v) is 14.5. The molecule has 0 aliphatic rings. The summed E-state index contributed by atoms with van der Waals surface area (Å²) < 4.78 is 48.7. The lowest BCUT2D eigenvalue weighted by atomic mass is 10.2. The van der Waals surface area contributed by atoms with Gasteiger partial charge in [0.05, 0.1) is 12.9 Å². The molecule has 4 aromatic rings. The summed E-state index contributed by atoms with van der Waals surface area (Å²) in [5.74, 6) is 2.50. The van der Waals surface area contributed by atoms with Crippen LogP contribution in [0.15, 0.2) is 109 Å². The van der Waals surface area contributed by atoms with Crippen molar-refractivity contribution in [2.24, 2.45) is 0 Å². The standard InChI is InChI=1S/C16H18O5S.C15H16O3/c1-22(17,18)21-12-11-19-15-9-5-6-10-16(15)20-13-14-7-3-2-4-8-14;16-10-11-17-14-8-4-5-9-15(14)18-12-13-6-2-1-3-7-13/h2-10H,11-13H2,1H3;1-9,16H,10-12H2. The lowest BCUT2D eigenvalue weighted by Crippen LogP contribution is -2.11. The van der Waals surface area contributed by atoms with Gasteiger partial charge in [0, 0.05) is 0 Å². The highest BCUT2D eigenvalue weighted by Crippen LogP contribution is 2.28. The smallest absolute Gasteiger partial charge is 0.264 e. The van der Waals surface area contributed by atoms with Crippen molar-refractivity contribution in [3.05, 3.63) is 120 Å². The molecular formula is C31H34O8S. The van der Waals surface area contributed by atoms with Crippen LogP contribution in [0.4, 0.5) is 0 Å². The molecule has 0 heterocycles. The number of rotatable bonds is 14. The molecule has 8 nitrogen and oxygen atoms in total. The summed E-state index contributed by atoms with van der Waals surface area (Å²) in [5, 5.41) is 8.76. The second-order valence-corrected chi connectivity index (χ2v) is 10.0. The van der Waals surface area contributed by atoms with Gasteiger partial charge >= 0.3 is 0 Å². The maximum absolute atomic E-state index is 10.9. The number of ether oxygens (including phenoxy) is 4. The van der Waals surface area contributed by atoms with Crippen molar-refractivity contribution in [1.82, 2.24) is 0 Å². The number of aliphatic hydroxyl groups is 1. The molecule has 0 saturated carbocycles. The molecule has 212 valence electrons. The van der Waals surface area contributed by atoms with Gasteiger partial charge in [0.2, 0.25) is 0 Å². The molecule has 40 heavy (non-hydrogen) atoms. The maximum Gasteiger partial charge on any atom is 0.264 e. The van der Waals surface area contributed by atoms with Crippen LogP contribution < -0.4 is 18.9 Å². The Bertz CT molecular complexity index is 1360. The zero-order valence-electron chi connectivity index (χ0n) is 22.3. The molecule has 9 heteroatoms. The summed E-state index contributed by atoms with van der Waals surface area (Å²) in [7, 11) is -3.45. The molecular weight excluding hydrogens is 532 g/mol. The third-order valence-corrected chi connectivity index (χ3v) is 5.75. The van der Waals surface area contributed by atoms with Crippen molar-refractivity contribution in [1.29, 1.82) is 0 Å². The molecule has 0 atom stereocenters. The molecule has 0 amide bonds. The molecule has 4 rings (SSSR count). The van der Waals surface area contributed by atoms with Gasteiger partial charge in [0.25, 0.3) is 10.1 Å². The Kier molecular flexibility index (Phi) is 12.8. The summed E-state index contributed by atoms with van der Waals surface area (Å²) in [4.78, 5) is 0. The van der Waals surface area contributed by atoms with Crippen LogP contribution in [0.25, 0.3) is 0 Å². The summed E-state index contributed by atoms with van der Waals surface area (Å²) in [6.45, 7) is 1.28. The van der Waals surface area contributed by atoms with Gasteiger partial charge in [-0.3, -0.25) is 4.18 Å². The first-order valence-electron chi connectivity index (χ1n) is 12.7. The number of para-hydroxylation sites is 4. The van der Waals surface area contributed by atoms with Crippen molar-refractivity contribution in [2.75, 3.05) is 32.7 Å². The summed E-state index contributed by atoms with van der Waals surface area (Å²) in [6.07, 6.45) is 1.00. The van der Waals surface area contributed by atoms with Crippen LogP contribution in [0.3, 0.4) is 0 Å². The monoisotopic (exact) mass is 566 g/mol. The van der Waals surface area contributed by atoms with E-state index in [2.05, 4.69) is 4.18 Å². The summed E-state index contributed by atoms with van der Waals surface area (Å²) in [5.41, 5.74) is 2.16. The largest absolute Gasteiger partial charge is 0.487 e. The van der Waals surface area contributed by atoms with E-state index in [4.69, 9.17) is 24.1 Å². The third-order valence-electron chi connectivity index (χ3n) is 5.16. The van der Waals surface area contributed by atoms with Gasteiger partial charge in [-0.05, 0) is 35.4 Å². The molecule has 0 fully saturated rings. The van der Waals surface area contributed by atoms with Gasteiger partial charge < -0.3 is 24.1 Å². The van der Waals surface area contributed by atoms with E-state index in [0.717, 1.165) is 17.4 Å². The lowest BCUT2D eigenvalue weighted by Gasteiger charge is -2.12. The van der Waals surface area contributed by atoms with Crippen molar-refractivity contribution in [3.63, 3.8) is 0 Å². The lowest BCUT2D eigenvalue weighted by molar-refractivity contribution is 0.192. The van der Waals surface area contributed by atoms with Gasteiger partial charge in [0.15, 0.2) is 23.0 Å². The fraction of sp³-hybridized carbons (Fsp3) is 0.226. The first kappa shape index (κ1) is 30.5. The van der Waals surface area contributed by atoms with Crippen LogP contribution in [-0.2, 0) is 27.5 Å². The highest BCUT2D eigenvalue weighted by molar-refractivity contribution is 7.85. The van der Waals surface area contributed by atoms with Gasteiger partial charge in [-0.1, -0.05) is 84.9 Å². The predicted molar refractivity (Wildman–Crippen MR) is 153 cm³/mol. The minimum absolute atomic E-state index is 0.00693. The van der Waals surface area contributed by atoms with Crippen molar-refractivity contribution in [3.8, 4) is 23.0 Å². The number of hydrogen-bond donors (Lipinski definition) is 1. The number of benzene rings is 4. The van der Waals surface area contributed by atoms with Crippen LogP contribution >= 0.6 is 0 Å². The van der Waals surface area contributed by atoms with Gasteiger partial charge in [-0.2, -0.15) is 8.42 Å². The average molecular weight is 567 g/mol. The molecule has 4 aromatic carbocycles. The van der Waals surface area contributed by atoms with Gasteiger partial charge in [-0.15, -0.1) is 0 Å². The van der Waals surface area contributed by atoms with E-state index in [9.17, 15) is 8.42 Å². The van der Waals surface area contributed by atoms with Crippen LogP contribution in [0.5, 0.6) is 23.0 Å². The Hall–Kier alpha value is -4.05. The second-order valence-electron chi connectivity index (χ2n) is 8.39. The molecule has 0 spiro atoms. The fourth-order valence-electron chi connectivity index (χ4n) is 3.34. The van der Waals surface area contributed by atoms with Crippen LogP contribution in [0, 0.1) is 0 Å². The van der Waals surface area contributed by atoms with Crippen LogP contribution in [0.1, 0.15) is 11.1 Å². The Morgan fingerprint density at radius 2 is 0.900 bits per heavy atom. The van der Waals surface area contributed by atoms with E-state index in [1.807, 2.05) is 97.1 Å². The quantitative estimate of drug-likeness (QED) is 0.163. The van der Waals surface area contributed by atoms with E-state index >= 15 is 0 Å². The molecule has 0 aliphatic heterocycles. The Morgan fingerprint density at radius 3 is 1.30 bits per heavy atom. The molecule has 0 unspecified atom stereocenters. The van der Waals surface area contributed by atoms with Gasteiger partial charge in [0.1, 0.15) is 33.0 Å². The minimum Gasteiger partial charge on any atom is -0.487 e. The molecule has 0 aromatic heterocycles. The molecule has 0 radical (unpaired) electrons. The average Bonchev–Trinajstić information content (AvgIpc) is 2.98. The molecule has 0 bridgehead atoms. The third kappa shape index (κ3) is 11.8. The van der Waals surface area contributed by atoms with E-state index < -0.39 is 10.1 Å². The number of aliphatic hydroxyl groups excluding tert-OH is 1. The Labute approximate surface area is 235 Å². The zero-order chi connectivity index (χ0) is 28.5. The van der Waals surface area contributed by atoms with Crippen LogP contribution in [-0.4, -0.2) is 46.2 Å². The Morgan fingerprint density at radius 1 is 0.525 bits per heavy atom. The highest BCUT2D eigenvalue weighted by atomic mass is 32.2. The normalized spacial score (nSPS) is 10.7. The second kappa shape index (κ2) is 16.8. The molecule has 1 N–H and O–H groups in total. The first-order chi connectivity index (χ1) is 19.4. The van der Waals surface area contributed by atoms with Crippen LogP contribution in [0.2, 0.25) is 0 Å². The Balaban J connectivity index is 0.000000225. The fourth-order valence-corrected chi connectivity index (χ4v) is 3.71. The van der Waals surface area contributed by atoms with Crippen molar-refractivity contribution < 1.29 is 36.7 Å². The maximum atomic E-state index is 10.9. The van der Waals surface area contributed by atoms with E-state index in [0.29, 0.717) is 36.2 Å². The topological polar surface area (TPSA) is 101 Å². The molecule has 0 saturated heterocycles. The van der Waals surface area contributed by atoms with Crippen molar-refractivity contribution in [2.45, 2.75) is 13.2 Å². The van der Waals surface area contributed by atoms with E-state index in [1.54, 1.807) is 12.1 Å². The highest BCUT2D eigenvalue weighted by Gasteiger charge is 2.07. The van der Waals surface area contributed by atoms with Crippen molar-refractivity contribution >= 4 is 10.1 Å². The summed E-state index contributed by atoms with van der Waals surface area (Å²) >= 11 is 0. The predicted octanol–water partition coefficient (Wildman–Crippen LogP) is 5.26. The molecule has 0 aliphatic carbocycles. The van der Waals surface area contributed by atoms with Gasteiger partial charge in [-0.25, -0.2) is 0 Å². The van der Waals surface area contributed by atoms with E-state index in [-0.39, 0.29) is 26.4 Å². The SMILES string of the molecule is CS(=O)(=O)OCCOc1ccccc1OCc1ccccc1.OCCOc1ccccc1OCc1ccccc1. The summed E-state index contributed by atoms with van der Waals surface area (Å²) in [6, 6.07) is 34.4. The minimum atomic E-state index is -3.45. The van der Waals surface area contributed by atoms with E-state index in [1.165, 1.54) is 0 Å².